The number of aromatic nitrogens is 1. The van der Waals surface area contributed by atoms with Gasteiger partial charge in [0, 0.05) is 5.56 Å². The summed E-state index contributed by atoms with van der Waals surface area (Å²) in [5.74, 6) is 0.981. The number of hydrogen-bond donors (Lipinski definition) is 0. The average Bonchev–Trinajstić information content (AvgIpc) is 3.30. The number of ether oxygens (including phenoxy) is 3. The molecule has 0 spiro atoms. The zero-order valence-corrected chi connectivity index (χ0v) is 25.2. The van der Waals surface area contributed by atoms with Gasteiger partial charge in [0.1, 0.15) is 6.61 Å². The van der Waals surface area contributed by atoms with E-state index in [2.05, 4.69) is 13.8 Å². The molecule has 0 amide bonds. The minimum absolute atomic E-state index is 0.223. The number of carbonyl (C=O) groups is 1. The number of nitrogens with zero attached hydrogens (tertiary/aromatic N) is 2. The number of esters is 1. The van der Waals surface area contributed by atoms with E-state index in [-0.39, 0.29) is 12.2 Å². The van der Waals surface area contributed by atoms with Crippen molar-refractivity contribution in [1.82, 2.24) is 4.57 Å². The van der Waals surface area contributed by atoms with Gasteiger partial charge in [-0.2, -0.15) is 0 Å². The summed E-state index contributed by atoms with van der Waals surface area (Å²) in [4.78, 5) is 32.5. The molecule has 1 aliphatic rings. The summed E-state index contributed by atoms with van der Waals surface area (Å²) in [6, 6.07) is 22.8. The van der Waals surface area contributed by atoms with Crippen molar-refractivity contribution < 1.29 is 19.0 Å². The highest BCUT2D eigenvalue weighted by Crippen LogP contribution is 2.33. The Labute approximate surface area is 249 Å². The van der Waals surface area contributed by atoms with E-state index in [9.17, 15) is 9.59 Å². The Bertz CT molecular complexity index is 1800. The van der Waals surface area contributed by atoms with Crippen LogP contribution in [0.4, 0.5) is 0 Å². The van der Waals surface area contributed by atoms with Crippen molar-refractivity contribution in [3.8, 4) is 11.5 Å². The van der Waals surface area contributed by atoms with Crippen LogP contribution in [0.15, 0.2) is 93.9 Å². The molecule has 0 aliphatic carbocycles. The van der Waals surface area contributed by atoms with Crippen LogP contribution in [0.25, 0.3) is 6.08 Å². The molecule has 7 nitrogen and oxygen atoms in total. The number of rotatable bonds is 9. The van der Waals surface area contributed by atoms with Gasteiger partial charge in [0.25, 0.3) is 5.56 Å². The second-order valence-corrected chi connectivity index (χ2v) is 11.3. The molecule has 0 saturated carbocycles. The van der Waals surface area contributed by atoms with Crippen molar-refractivity contribution in [3.05, 3.63) is 126 Å². The molecule has 0 fully saturated rings. The molecule has 0 N–H and O–H groups in total. The van der Waals surface area contributed by atoms with E-state index in [0.717, 1.165) is 11.1 Å². The second-order valence-electron chi connectivity index (χ2n) is 10.3. The van der Waals surface area contributed by atoms with Gasteiger partial charge in [-0.25, -0.2) is 9.79 Å². The van der Waals surface area contributed by atoms with Gasteiger partial charge in [-0.1, -0.05) is 91.9 Å². The zero-order valence-electron chi connectivity index (χ0n) is 24.4. The van der Waals surface area contributed by atoms with Gasteiger partial charge >= 0.3 is 5.97 Å². The largest absolute Gasteiger partial charge is 0.493 e. The molecule has 3 aromatic carbocycles. The van der Waals surface area contributed by atoms with E-state index < -0.39 is 12.0 Å². The molecule has 0 bridgehead atoms. The maximum absolute atomic E-state index is 14.1. The first-order chi connectivity index (χ1) is 20.3. The molecule has 2 heterocycles. The molecule has 216 valence electrons. The van der Waals surface area contributed by atoms with Crippen LogP contribution in [0.2, 0.25) is 0 Å². The fourth-order valence-corrected chi connectivity index (χ4v) is 6.04. The van der Waals surface area contributed by atoms with E-state index in [1.807, 2.05) is 72.8 Å². The van der Waals surface area contributed by atoms with Gasteiger partial charge < -0.3 is 14.2 Å². The number of thiazole rings is 1. The van der Waals surface area contributed by atoms with Crippen LogP contribution in [-0.4, -0.2) is 24.3 Å². The third-order valence-corrected chi connectivity index (χ3v) is 8.16. The van der Waals surface area contributed by atoms with Crippen molar-refractivity contribution in [2.24, 2.45) is 4.99 Å². The van der Waals surface area contributed by atoms with Crippen LogP contribution in [0.5, 0.6) is 11.5 Å². The summed E-state index contributed by atoms with van der Waals surface area (Å²) in [5, 5.41) is 0. The first kappa shape index (κ1) is 29.1. The molecular formula is C34H34N2O5S. The molecule has 8 heteroatoms. The Hall–Kier alpha value is -4.43. The van der Waals surface area contributed by atoms with Crippen LogP contribution < -0.4 is 24.4 Å². The highest BCUT2D eigenvalue weighted by atomic mass is 32.1. The molecule has 1 unspecified atom stereocenters. The van der Waals surface area contributed by atoms with E-state index in [1.54, 1.807) is 31.6 Å². The molecule has 1 aromatic heterocycles. The lowest BCUT2D eigenvalue weighted by Gasteiger charge is -2.25. The van der Waals surface area contributed by atoms with Gasteiger partial charge in [-0.15, -0.1) is 0 Å². The molecular weight excluding hydrogens is 548 g/mol. The lowest BCUT2D eigenvalue weighted by molar-refractivity contribution is -0.139. The smallest absolute Gasteiger partial charge is 0.338 e. The van der Waals surface area contributed by atoms with E-state index in [1.165, 1.54) is 16.9 Å². The van der Waals surface area contributed by atoms with Crippen LogP contribution in [0.3, 0.4) is 0 Å². The first-order valence-corrected chi connectivity index (χ1v) is 14.8. The van der Waals surface area contributed by atoms with Crippen molar-refractivity contribution in [2.75, 3.05) is 13.7 Å². The molecule has 0 saturated heterocycles. The normalized spacial score (nSPS) is 14.9. The summed E-state index contributed by atoms with van der Waals surface area (Å²) in [6.45, 7) is 8.38. The van der Waals surface area contributed by atoms with Crippen molar-refractivity contribution >= 4 is 23.4 Å². The number of allylic oxidation sites excluding steroid dienone is 1. The Morgan fingerprint density at radius 3 is 2.45 bits per heavy atom. The third kappa shape index (κ3) is 5.81. The molecule has 0 radical (unpaired) electrons. The quantitative estimate of drug-likeness (QED) is 0.243. The zero-order chi connectivity index (χ0) is 29.8. The maximum atomic E-state index is 14.1. The van der Waals surface area contributed by atoms with Gasteiger partial charge in [0.05, 0.1) is 35.6 Å². The molecule has 42 heavy (non-hydrogen) atoms. The number of methoxy groups -OCH3 is 1. The Kier molecular flexibility index (Phi) is 8.73. The molecule has 1 atom stereocenters. The summed E-state index contributed by atoms with van der Waals surface area (Å²) in [5.41, 5.74) is 4.36. The summed E-state index contributed by atoms with van der Waals surface area (Å²) >= 11 is 1.28. The number of carbonyl (C=O) groups excluding carboxylic acids is 1. The Morgan fingerprint density at radius 1 is 1.05 bits per heavy atom. The van der Waals surface area contributed by atoms with Crippen molar-refractivity contribution in [3.63, 3.8) is 0 Å². The third-order valence-electron chi connectivity index (χ3n) is 7.18. The standard InChI is InChI=1S/C34H34N2O5S/c1-6-40-33(38)29-22(4)35-34-36(30(29)25-17-15-24(16-18-25)21(2)3)32(37)28(42-34)19-26-13-10-14-27(39-5)31(26)41-20-23-11-8-7-9-12-23/h7-19,21,30H,6,20H2,1-5H3/b28-19-. The first-order valence-electron chi connectivity index (χ1n) is 14.0. The van der Waals surface area contributed by atoms with Crippen LogP contribution in [0.1, 0.15) is 61.9 Å². The lowest BCUT2D eigenvalue weighted by Crippen LogP contribution is -2.39. The summed E-state index contributed by atoms with van der Waals surface area (Å²) in [6.07, 6.45) is 1.80. The van der Waals surface area contributed by atoms with Crippen molar-refractivity contribution in [1.29, 1.82) is 0 Å². The fraction of sp³-hybridized carbons (Fsp3) is 0.265. The van der Waals surface area contributed by atoms with Crippen LogP contribution in [0, 0.1) is 0 Å². The number of fused-ring (bicyclic) bond motifs is 1. The highest BCUT2D eigenvalue weighted by Gasteiger charge is 2.33. The van der Waals surface area contributed by atoms with Crippen LogP contribution >= 0.6 is 11.3 Å². The minimum atomic E-state index is -0.664. The predicted octanol–water partition coefficient (Wildman–Crippen LogP) is 5.51. The number of benzene rings is 3. The monoisotopic (exact) mass is 582 g/mol. The molecule has 1 aliphatic heterocycles. The van der Waals surface area contributed by atoms with Crippen LogP contribution in [-0.2, 0) is 16.1 Å². The van der Waals surface area contributed by atoms with E-state index in [0.29, 0.717) is 50.2 Å². The van der Waals surface area contributed by atoms with E-state index >= 15 is 0 Å². The summed E-state index contributed by atoms with van der Waals surface area (Å²) in [7, 11) is 1.59. The topological polar surface area (TPSA) is 79.1 Å². The van der Waals surface area contributed by atoms with Gasteiger partial charge in [0.2, 0.25) is 0 Å². The highest BCUT2D eigenvalue weighted by molar-refractivity contribution is 7.07. The molecule has 4 aromatic rings. The van der Waals surface area contributed by atoms with Gasteiger partial charge in [-0.05, 0) is 48.6 Å². The maximum Gasteiger partial charge on any atom is 0.338 e. The molecule has 5 rings (SSSR count). The SMILES string of the molecule is CCOC(=O)C1=C(C)N=c2s/c(=C\c3cccc(OC)c3OCc3ccccc3)c(=O)n2C1c1ccc(C(C)C)cc1. The lowest BCUT2D eigenvalue weighted by atomic mass is 9.93. The fourth-order valence-electron chi connectivity index (χ4n) is 5.00. The average molecular weight is 583 g/mol. The van der Waals surface area contributed by atoms with Gasteiger partial charge in [0.15, 0.2) is 16.3 Å². The predicted molar refractivity (Wildman–Crippen MR) is 165 cm³/mol. The number of hydrogen-bond acceptors (Lipinski definition) is 7. The Morgan fingerprint density at radius 2 is 1.79 bits per heavy atom. The Balaban J connectivity index is 1.64. The summed E-state index contributed by atoms with van der Waals surface area (Å²) < 4.78 is 19.3. The second kappa shape index (κ2) is 12.6. The number of para-hydroxylation sites is 1. The van der Waals surface area contributed by atoms with Gasteiger partial charge in [-0.3, -0.25) is 9.36 Å². The van der Waals surface area contributed by atoms with Crippen molar-refractivity contribution in [2.45, 2.75) is 46.3 Å². The van der Waals surface area contributed by atoms with E-state index in [4.69, 9.17) is 19.2 Å². The minimum Gasteiger partial charge on any atom is -0.493 e.